The maximum atomic E-state index is 12.0. The van der Waals surface area contributed by atoms with Crippen LogP contribution in [0.1, 0.15) is 5.56 Å². The molecule has 0 saturated heterocycles. The van der Waals surface area contributed by atoms with Gasteiger partial charge in [0.1, 0.15) is 57.6 Å². The summed E-state index contributed by atoms with van der Waals surface area (Å²) in [6, 6.07) is 20.5. The Labute approximate surface area is 431 Å². The summed E-state index contributed by atoms with van der Waals surface area (Å²) < 4.78 is 107. The fraction of sp³-hybridized carbons (Fsp3) is 0.0270. The van der Waals surface area contributed by atoms with Crippen LogP contribution in [0, 0.1) is 6.92 Å². The van der Waals surface area contributed by atoms with Gasteiger partial charge in [-0.05, 0) is 103 Å². The zero-order valence-corrected chi connectivity index (χ0v) is 43.0. The van der Waals surface area contributed by atoms with Gasteiger partial charge in [0.25, 0.3) is 0 Å². The van der Waals surface area contributed by atoms with E-state index in [2.05, 4.69) is 25.4 Å². The van der Waals surface area contributed by atoms with Gasteiger partial charge >= 0.3 is 88.7 Å². The summed E-state index contributed by atoms with van der Waals surface area (Å²) in [4.78, 5) is 7.22. The Balaban J connectivity index is 0.00000249. The van der Waals surface area contributed by atoms with E-state index >= 15 is 0 Å². The van der Waals surface area contributed by atoms with Gasteiger partial charge in [0.15, 0.2) is 11.4 Å². The molecule has 0 unspecified atom stereocenters. The fourth-order valence-corrected chi connectivity index (χ4v) is 10.4. The van der Waals surface area contributed by atoms with E-state index in [1.54, 1.807) is 49.4 Å². The first kappa shape index (κ1) is 50.7. The predicted octanol–water partition coefficient (Wildman–Crippen LogP) is -0.626. The van der Waals surface area contributed by atoms with Crippen molar-refractivity contribution in [1.82, 2.24) is 9.97 Å². The molecule has 8 aromatic rings. The SMILES string of the molecule is Cc1ccc2nc(-c3ccc4nc(-c5ccc(N=Nc6c(O)ccc(N=Nc7cc(S(=O)(=O)[O-])cc8cc(S(=O)(=O)[O-])cc(O)c78)c6O)cc5)sc4c3)sc2c1S(=O)(=O)[O-].[Na+].[Na+].[Na+]. The smallest absolute Gasteiger partial charge is 0.744 e. The van der Waals surface area contributed by atoms with Crippen LogP contribution in [0.25, 0.3) is 52.3 Å². The molecular weight excluding hydrogens is 950 g/mol. The number of phenols is 3. The minimum absolute atomic E-state index is 0. The van der Waals surface area contributed by atoms with Crippen LogP contribution in [-0.4, -0.2) is 64.2 Å². The molecule has 304 valence electrons. The molecule has 0 saturated carbocycles. The Morgan fingerprint density at radius 3 is 1.81 bits per heavy atom. The van der Waals surface area contributed by atoms with E-state index in [0.29, 0.717) is 48.6 Å². The number of nitrogens with zero attached hydrogens (tertiary/aromatic N) is 6. The number of thiazole rings is 2. The van der Waals surface area contributed by atoms with Crippen LogP contribution < -0.4 is 88.7 Å². The third kappa shape index (κ3) is 10.6. The van der Waals surface area contributed by atoms with Crippen molar-refractivity contribution in [3.8, 4) is 38.4 Å². The summed E-state index contributed by atoms with van der Waals surface area (Å²) in [5.74, 6) is -2.02. The van der Waals surface area contributed by atoms with Gasteiger partial charge in [0.05, 0.1) is 51.9 Å². The quantitative estimate of drug-likeness (QED) is 0.0923. The van der Waals surface area contributed by atoms with Crippen LogP contribution in [0.4, 0.5) is 22.7 Å². The molecule has 2 aromatic heterocycles. The molecular formula is C37H21N6Na3O12S5. The molecule has 3 N–H and O–H groups in total. The van der Waals surface area contributed by atoms with Crippen molar-refractivity contribution < 1.29 is 143 Å². The van der Waals surface area contributed by atoms with Gasteiger partial charge < -0.3 is 29.0 Å². The van der Waals surface area contributed by atoms with Crippen LogP contribution in [0.2, 0.25) is 0 Å². The van der Waals surface area contributed by atoms with Crippen molar-refractivity contribution in [1.29, 1.82) is 0 Å². The molecule has 8 rings (SSSR count). The maximum Gasteiger partial charge on any atom is 1.00 e. The molecule has 0 aliphatic carbocycles. The maximum absolute atomic E-state index is 12.0. The Morgan fingerprint density at radius 2 is 1.16 bits per heavy atom. The molecule has 0 aliphatic heterocycles. The van der Waals surface area contributed by atoms with Crippen LogP contribution in [-0.2, 0) is 30.4 Å². The minimum atomic E-state index is -5.16. The molecule has 0 fully saturated rings. The molecule has 0 amide bonds. The van der Waals surface area contributed by atoms with Gasteiger partial charge in [-0.25, -0.2) is 35.2 Å². The summed E-state index contributed by atoms with van der Waals surface area (Å²) >= 11 is 2.50. The Hall–Kier alpha value is -3.31. The topological polar surface area (TPSA) is 308 Å². The van der Waals surface area contributed by atoms with E-state index in [1.807, 2.05) is 12.1 Å². The third-order valence-electron chi connectivity index (χ3n) is 8.88. The van der Waals surface area contributed by atoms with E-state index in [-0.39, 0.29) is 110 Å². The fourth-order valence-electron chi connectivity index (χ4n) is 6.09. The number of azo groups is 2. The van der Waals surface area contributed by atoms with E-state index in [0.717, 1.165) is 51.9 Å². The number of fused-ring (bicyclic) bond motifs is 3. The minimum Gasteiger partial charge on any atom is -0.744 e. The average Bonchev–Trinajstić information content (AvgIpc) is 3.80. The summed E-state index contributed by atoms with van der Waals surface area (Å²) in [5, 5.41) is 48.3. The summed E-state index contributed by atoms with van der Waals surface area (Å²) in [7, 11) is -15.0. The van der Waals surface area contributed by atoms with Crippen molar-refractivity contribution in [2.45, 2.75) is 21.6 Å². The number of aromatic hydroxyl groups is 3. The Bertz CT molecular complexity index is 3530. The summed E-state index contributed by atoms with van der Waals surface area (Å²) in [6.07, 6.45) is 0. The van der Waals surface area contributed by atoms with Crippen molar-refractivity contribution in [2.24, 2.45) is 20.5 Å². The number of aryl methyl sites for hydroxylation is 1. The number of hydrogen-bond acceptors (Lipinski definition) is 20. The average molecular weight is 971 g/mol. The summed E-state index contributed by atoms with van der Waals surface area (Å²) in [5.41, 5.74) is 1.98. The molecule has 2 heterocycles. The molecule has 0 atom stereocenters. The number of hydrogen-bond donors (Lipinski definition) is 3. The molecule has 0 spiro atoms. The molecule has 0 radical (unpaired) electrons. The second-order valence-electron chi connectivity index (χ2n) is 12.9. The molecule has 0 aliphatic rings. The zero-order valence-electron chi connectivity index (χ0n) is 32.9. The largest absolute Gasteiger partial charge is 1.00 e. The number of aromatic nitrogens is 2. The normalized spacial score (nSPS) is 12.2. The van der Waals surface area contributed by atoms with Gasteiger partial charge in [0, 0.05) is 11.1 Å². The number of phenolic OH excluding ortho intramolecular Hbond substituents is 3. The first-order chi connectivity index (χ1) is 28.2. The van der Waals surface area contributed by atoms with Gasteiger partial charge in [-0.3, -0.25) is 0 Å². The van der Waals surface area contributed by atoms with Crippen molar-refractivity contribution >= 4 is 107 Å². The predicted molar refractivity (Wildman–Crippen MR) is 216 cm³/mol. The first-order valence-corrected chi connectivity index (χ1v) is 22.6. The van der Waals surface area contributed by atoms with E-state index in [4.69, 9.17) is 4.98 Å². The molecule has 18 nitrogen and oxygen atoms in total. The molecule has 0 bridgehead atoms. The monoisotopic (exact) mass is 970 g/mol. The second-order valence-corrected chi connectivity index (χ2v) is 19.0. The van der Waals surface area contributed by atoms with Crippen molar-refractivity contribution in [2.75, 3.05) is 0 Å². The molecule has 63 heavy (non-hydrogen) atoms. The van der Waals surface area contributed by atoms with Crippen LogP contribution >= 0.6 is 22.7 Å². The summed E-state index contributed by atoms with van der Waals surface area (Å²) in [6.45, 7) is 1.56. The van der Waals surface area contributed by atoms with Crippen LogP contribution in [0.3, 0.4) is 0 Å². The van der Waals surface area contributed by atoms with Crippen molar-refractivity contribution in [3.05, 3.63) is 96.6 Å². The van der Waals surface area contributed by atoms with Gasteiger partial charge in [0.2, 0.25) is 0 Å². The van der Waals surface area contributed by atoms with Gasteiger partial charge in [-0.15, -0.1) is 38.0 Å². The van der Waals surface area contributed by atoms with Crippen LogP contribution in [0.15, 0.2) is 126 Å². The van der Waals surface area contributed by atoms with Gasteiger partial charge in [-0.1, -0.05) is 6.07 Å². The second kappa shape index (κ2) is 19.3. The zero-order chi connectivity index (χ0) is 42.9. The Kier molecular flexibility index (Phi) is 15.5. The molecule has 6 aromatic carbocycles. The third-order valence-corrected chi connectivity index (χ3v) is 13.9. The van der Waals surface area contributed by atoms with Gasteiger partial charge in [-0.2, -0.15) is 5.11 Å². The number of rotatable bonds is 9. The standard InChI is InChI=1S/C37H24N6O12S5.3Na/c1-17-2-8-26-34(35(17)60(53,54)55)57-37(39-26)19-5-9-24-30(14-19)56-36(38-24)18-3-6-21(7-4-18)40-43-32-28(44)11-10-25(33(32)46)41-42-27-15-22(58(47,48)49)12-20-13-23(59(50,51)52)16-29(45)31(20)27;;;/h2-16,44-46H,1H3,(H,47,48,49)(H,50,51,52)(H,53,54,55);;;/q;3*+1/p-3. The van der Waals surface area contributed by atoms with E-state index in [9.17, 15) is 54.2 Å². The number of benzene rings is 6. The van der Waals surface area contributed by atoms with Crippen LogP contribution in [0.5, 0.6) is 17.2 Å². The van der Waals surface area contributed by atoms with E-state index in [1.165, 1.54) is 11.3 Å². The first-order valence-electron chi connectivity index (χ1n) is 16.7. The van der Waals surface area contributed by atoms with E-state index < -0.39 is 68.8 Å². The van der Waals surface area contributed by atoms with Crippen molar-refractivity contribution in [3.63, 3.8) is 0 Å². The molecule has 26 heteroatoms. The Morgan fingerprint density at radius 1 is 0.571 bits per heavy atom.